The van der Waals surface area contributed by atoms with Crippen molar-refractivity contribution in [3.8, 4) is 0 Å². The van der Waals surface area contributed by atoms with Gasteiger partial charge in [0.15, 0.2) is 0 Å². The zero-order valence-electron chi connectivity index (χ0n) is 13.3. The summed E-state index contributed by atoms with van der Waals surface area (Å²) in [6, 6.07) is -2.59. The predicted molar refractivity (Wildman–Crippen MR) is 78.0 cm³/mol. The van der Waals surface area contributed by atoms with Crippen molar-refractivity contribution in [2.45, 2.75) is 52.6 Å². The number of carbonyl (C=O) groups excluding carboxylic acids is 3. The largest absolute Gasteiger partial charge is 0.326 e. The topological polar surface area (TPSA) is 140 Å². The Bertz CT molecular complexity index is 353. The first-order valence-electron chi connectivity index (χ1n) is 7.16. The summed E-state index contributed by atoms with van der Waals surface area (Å²) in [5.41, 5.74) is 2.99. The fourth-order valence-electron chi connectivity index (χ4n) is 1.92. The molecular formula is C13H26N4O5. The van der Waals surface area contributed by atoms with Gasteiger partial charge in [-0.25, -0.2) is 15.8 Å². The molecule has 22 heavy (non-hydrogen) atoms. The average Bonchev–Trinajstić information content (AvgIpc) is 2.43. The van der Waals surface area contributed by atoms with Crippen LogP contribution >= 0.6 is 0 Å². The van der Waals surface area contributed by atoms with Crippen molar-refractivity contribution in [2.24, 2.45) is 11.8 Å². The highest BCUT2D eigenvalue weighted by atomic mass is 16.5. The van der Waals surface area contributed by atoms with Crippen molar-refractivity contribution < 1.29 is 24.8 Å². The summed E-state index contributed by atoms with van der Waals surface area (Å²) in [6.07, 6.45) is 0.641. The molecule has 0 aliphatic heterocycles. The highest BCUT2D eigenvalue weighted by Crippen LogP contribution is 2.07. The van der Waals surface area contributed by atoms with Gasteiger partial charge in [-0.2, -0.15) is 0 Å². The van der Waals surface area contributed by atoms with Crippen molar-refractivity contribution in [2.75, 3.05) is 0 Å². The van der Waals surface area contributed by atoms with Gasteiger partial charge in [-0.3, -0.25) is 20.0 Å². The van der Waals surface area contributed by atoms with Gasteiger partial charge in [0.25, 0.3) is 11.8 Å². The van der Waals surface area contributed by atoms with Gasteiger partial charge in [0.2, 0.25) is 0 Å². The maximum Gasteiger partial charge on any atom is 0.316 e. The standard InChI is InChI=1S/C13H26N4O5/c1-7(2)5-9(11(18)16-21)14-13(20)15-10(6-8(3)4)12(19)17-22/h7-10,21-22H,5-6H2,1-4H3,(H,16,18)(H,17,19)(H2,14,15,20)/t9-,10-/m0/s1. The molecule has 0 fully saturated rings. The van der Waals surface area contributed by atoms with Crippen LogP contribution in [-0.2, 0) is 9.59 Å². The van der Waals surface area contributed by atoms with Gasteiger partial charge in [-0.1, -0.05) is 27.7 Å². The molecule has 9 nitrogen and oxygen atoms in total. The van der Waals surface area contributed by atoms with E-state index < -0.39 is 29.9 Å². The van der Waals surface area contributed by atoms with Crippen LogP contribution in [0.15, 0.2) is 0 Å². The van der Waals surface area contributed by atoms with E-state index in [-0.39, 0.29) is 11.8 Å². The zero-order chi connectivity index (χ0) is 17.3. The van der Waals surface area contributed by atoms with Gasteiger partial charge in [0.05, 0.1) is 0 Å². The molecule has 0 heterocycles. The van der Waals surface area contributed by atoms with E-state index in [0.717, 1.165) is 0 Å². The Morgan fingerprint density at radius 3 is 1.32 bits per heavy atom. The molecule has 2 atom stereocenters. The molecule has 0 spiro atoms. The van der Waals surface area contributed by atoms with E-state index >= 15 is 0 Å². The highest BCUT2D eigenvalue weighted by molar-refractivity contribution is 5.89. The lowest BCUT2D eigenvalue weighted by Crippen LogP contribution is -2.55. The molecule has 6 N–H and O–H groups in total. The van der Waals surface area contributed by atoms with E-state index in [0.29, 0.717) is 12.8 Å². The minimum Gasteiger partial charge on any atom is -0.326 e. The Morgan fingerprint density at radius 2 is 1.09 bits per heavy atom. The molecule has 9 heteroatoms. The summed E-state index contributed by atoms with van der Waals surface area (Å²) in [7, 11) is 0. The predicted octanol–water partition coefficient (Wildman–Crippen LogP) is 0.126. The first kappa shape index (κ1) is 20.1. The molecule has 0 radical (unpaired) electrons. The molecule has 0 saturated carbocycles. The van der Waals surface area contributed by atoms with Gasteiger partial charge in [-0.05, 0) is 24.7 Å². The molecule has 0 aromatic heterocycles. The lowest BCUT2D eigenvalue weighted by molar-refractivity contribution is -0.131. The fraction of sp³-hybridized carbons (Fsp3) is 0.769. The Labute approximate surface area is 129 Å². The summed E-state index contributed by atoms with van der Waals surface area (Å²) < 4.78 is 0. The normalized spacial score (nSPS) is 13.5. The van der Waals surface area contributed by atoms with E-state index in [1.54, 1.807) is 0 Å². The molecule has 0 bridgehead atoms. The van der Waals surface area contributed by atoms with Gasteiger partial charge < -0.3 is 10.6 Å². The van der Waals surface area contributed by atoms with Crippen LogP contribution in [0.25, 0.3) is 0 Å². The van der Waals surface area contributed by atoms with Crippen LogP contribution in [0.2, 0.25) is 0 Å². The van der Waals surface area contributed by atoms with Gasteiger partial charge in [-0.15, -0.1) is 0 Å². The number of nitrogens with one attached hydrogen (secondary N) is 4. The molecule has 0 aliphatic carbocycles. The van der Waals surface area contributed by atoms with Crippen LogP contribution in [0.4, 0.5) is 4.79 Å². The SMILES string of the molecule is CC(C)C[C@H](NC(=O)N[C@@H](CC(C)C)C(=O)NO)C(=O)NO. The minimum absolute atomic E-state index is 0.106. The van der Waals surface area contributed by atoms with E-state index in [1.807, 2.05) is 27.7 Å². The van der Waals surface area contributed by atoms with E-state index in [4.69, 9.17) is 10.4 Å². The first-order chi connectivity index (χ1) is 10.2. The van der Waals surface area contributed by atoms with Crippen LogP contribution < -0.4 is 21.6 Å². The van der Waals surface area contributed by atoms with Crippen LogP contribution in [0, 0.1) is 11.8 Å². The third-order valence-electron chi connectivity index (χ3n) is 2.88. The maximum absolute atomic E-state index is 11.9. The van der Waals surface area contributed by atoms with Crippen molar-refractivity contribution >= 4 is 17.8 Å². The van der Waals surface area contributed by atoms with Gasteiger partial charge in [0, 0.05) is 0 Å². The Balaban J connectivity index is 4.76. The Hall–Kier alpha value is -1.87. The third-order valence-corrected chi connectivity index (χ3v) is 2.88. The monoisotopic (exact) mass is 318 g/mol. The van der Waals surface area contributed by atoms with Crippen LogP contribution in [0.5, 0.6) is 0 Å². The Morgan fingerprint density at radius 1 is 0.773 bits per heavy atom. The zero-order valence-corrected chi connectivity index (χ0v) is 13.3. The number of rotatable bonds is 8. The number of hydrogen-bond donors (Lipinski definition) is 6. The van der Waals surface area contributed by atoms with Gasteiger partial charge in [0.1, 0.15) is 12.1 Å². The molecule has 4 amide bonds. The third kappa shape index (κ3) is 7.79. The lowest BCUT2D eigenvalue weighted by atomic mass is 10.0. The van der Waals surface area contributed by atoms with Crippen molar-refractivity contribution in [1.82, 2.24) is 21.6 Å². The van der Waals surface area contributed by atoms with Crippen LogP contribution in [0.3, 0.4) is 0 Å². The van der Waals surface area contributed by atoms with E-state index in [2.05, 4.69) is 10.6 Å². The molecule has 128 valence electrons. The highest BCUT2D eigenvalue weighted by Gasteiger charge is 2.25. The minimum atomic E-state index is -0.929. The van der Waals surface area contributed by atoms with Crippen molar-refractivity contribution in [3.63, 3.8) is 0 Å². The quantitative estimate of drug-likeness (QED) is 0.279. The number of urea groups is 1. The summed E-state index contributed by atoms with van der Waals surface area (Å²) in [6.45, 7) is 7.44. The van der Waals surface area contributed by atoms with Crippen molar-refractivity contribution in [1.29, 1.82) is 0 Å². The lowest BCUT2D eigenvalue weighted by Gasteiger charge is -2.22. The number of hydroxylamine groups is 2. The second kappa shape index (κ2) is 9.96. The van der Waals surface area contributed by atoms with E-state index in [9.17, 15) is 14.4 Å². The molecule has 0 aromatic rings. The molecule has 0 rings (SSSR count). The number of amides is 4. The molecule has 0 aliphatic rings. The molecule has 0 saturated heterocycles. The first-order valence-corrected chi connectivity index (χ1v) is 7.16. The van der Waals surface area contributed by atoms with Crippen LogP contribution in [0.1, 0.15) is 40.5 Å². The number of carbonyl (C=O) groups is 3. The Kier molecular flexibility index (Phi) is 9.11. The van der Waals surface area contributed by atoms with E-state index in [1.165, 1.54) is 11.0 Å². The maximum atomic E-state index is 11.9. The fourth-order valence-corrected chi connectivity index (χ4v) is 1.92. The van der Waals surface area contributed by atoms with Crippen LogP contribution in [-0.4, -0.2) is 40.3 Å². The number of hydrogen-bond acceptors (Lipinski definition) is 5. The van der Waals surface area contributed by atoms with Crippen molar-refractivity contribution in [3.05, 3.63) is 0 Å². The molecule has 0 unspecified atom stereocenters. The second-order valence-corrected chi connectivity index (χ2v) is 5.93. The molecule has 0 aromatic carbocycles. The second-order valence-electron chi connectivity index (χ2n) is 5.93. The molecular weight excluding hydrogens is 292 g/mol. The summed E-state index contributed by atoms with van der Waals surface area (Å²) in [4.78, 5) is 34.9. The summed E-state index contributed by atoms with van der Waals surface area (Å²) in [5.74, 6) is -1.27. The summed E-state index contributed by atoms with van der Waals surface area (Å²) in [5, 5.41) is 22.2. The average molecular weight is 318 g/mol. The smallest absolute Gasteiger partial charge is 0.316 e. The summed E-state index contributed by atoms with van der Waals surface area (Å²) >= 11 is 0. The van der Waals surface area contributed by atoms with Gasteiger partial charge >= 0.3 is 6.03 Å².